The Hall–Kier alpha value is -1.60. The van der Waals surface area contributed by atoms with E-state index in [1.165, 1.54) is 28.7 Å². The Morgan fingerprint density at radius 2 is 1.29 bits per heavy atom. The molecule has 0 fully saturated rings. The molecule has 2 aromatic carbocycles. The van der Waals surface area contributed by atoms with E-state index in [0.717, 1.165) is 19.6 Å². The van der Waals surface area contributed by atoms with Crippen LogP contribution in [0.3, 0.4) is 0 Å². The van der Waals surface area contributed by atoms with Gasteiger partial charge >= 0.3 is 0 Å². The van der Waals surface area contributed by atoms with Crippen LogP contribution in [0.1, 0.15) is 63.3 Å². The first kappa shape index (κ1) is 22.4. The Balaban J connectivity index is 0.00000123. The molecule has 2 rings (SSSR count). The van der Waals surface area contributed by atoms with Gasteiger partial charge in [-0.1, -0.05) is 83.1 Å². The van der Waals surface area contributed by atoms with Gasteiger partial charge in [-0.25, -0.2) is 0 Å². The maximum atomic E-state index is 2.53. The van der Waals surface area contributed by atoms with Crippen LogP contribution < -0.4 is 0 Å². The number of aryl methyl sites for hydroxylation is 2. The van der Waals surface area contributed by atoms with Gasteiger partial charge in [-0.3, -0.25) is 4.90 Å². The summed E-state index contributed by atoms with van der Waals surface area (Å²) in [4.78, 5) is 2.53. The Bertz CT molecular complexity index is 531. The highest BCUT2D eigenvalue weighted by Crippen LogP contribution is 2.14. The van der Waals surface area contributed by atoms with E-state index in [2.05, 4.69) is 74.2 Å². The van der Waals surface area contributed by atoms with E-state index in [9.17, 15) is 0 Å². The third-order valence-electron chi connectivity index (χ3n) is 3.77. The Morgan fingerprint density at radius 3 is 1.83 bits per heavy atom. The van der Waals surface area contributed by atoms with E-state index in [1.54, 1.807) is 0 Å². The van der Waals surface area contributed by atoms with Gasteiger partial charge in [0, 0.05) is 13.1 Å². The second-order valence-corrected chi connectivity index (χ2v) is 5.61. The third-order valence-corrected chi connectivity index (χ3v) is 3.77. The van der Waals surface area contributed by atoms with Gasteiger partial charge in [0.25, 0.3) is 0 Å². The molecule has 0 saturated heterocycles. The standard InChI is InChI=1S/C19H25N.2C2H6/c1-4-12-20(14-18-8-6-5-7-9-18)15-19-11-10-16(2)17(3)13-19;2*1-2/h5-11,13H,4,12,14-15H2,1-3H3;2*1-2H3. The summed E-state index contributed by atoms with van der Waals surface area (Å²) in [5, 5.41) is 0. The van der Waals surface area contributed by atoms with Gasteiger partial charge in [-0.15, -0.1) is 0 Å². The number of rotatable bonds is 6. The molecule has 0 aromatic heterocycles. The van der Waals surface area contributed by atoms with Crippen LogP contribution in [0.5, 0.6) is 0 Å². The maximum absolute atomic E-state index is 2.53. The highest BCUT2D eigenvalue weighted by Gasteiger charge is 2.06. The molecule has 2 aromatic rings. The maximum Gasteiger partial charge on any atom is 0.0237 e. The van der Waals surface area contributed by atoms with Crippen molar-refractivity contribution in [1.29, 1.82) is 0 Å². The van der Waals surface area contributed by atoms with E-state index in [-0.39, 0.29) is 0 Å². The molecule has 0 aliphatic heterocycles. The van der Waals surface area contributed by atoms with Gasteiger partial charge < -0.3 is 0 Å². The molecule has 0 atom stereocenters. The van der Waals surface area contributed by atoms with Crippen molar-refractivity contribution in [3.8, 4) is 0 Å². The Labute approximate surface area is 150 Å². The average molecular weight is 328 g/mol. The van der Waals surface area contributed by atoms with E-state index in [4.69, 9.17) is 0 Å². The molecule has 0 saturated carbocycles. The first-order valence-corrected chi connectivity index (χ1v) is 9.51. The first-order valence-electron chi connectivity index (χ1n) is 9.51. The second kappa shape index (κ2) is 13.8. The lowest BCUT2D eigenvalue weighted by molar-refractivity contribution is 0.257. The fraction of sp³-hybridized carbons (Fsp3) is 0.478. The molecule has 0 spiro atoms. The van der Waals surface area contributed by atoms with Gasteiger partial charge in [0.1, 0.15) is 0 Å². The molecule has 0 amide bonds. The molecule has 0 bridgehead atoms. The quantitative estimate of drug-likeness (QED) is 0.566. The normalized spacial score (nSPS) is 9.67. The van der Waals surface area contributed by atoms with E-state index < -0.39 is 0 Å². The van der Waals surface area contributed by atoms with Crippen LogP contribution in [0.2, 0.25) is 0 Å². The van der Waals surface area contributed by atoms with Crippen molar-refractivity contribution in [2.75, 3.05) is 6.54 Å². The molecular weight excluding hydrogens is 290 g/mol. The van der Waals surface area contributed by atoms with Gasteiger partial charge in [0.15, 0.2) is 0 Å². The Kier molecular flexibility index (Phi) is 12.9. The summed E-state index contributed by atoms with van der Waals surface area (Å²) in [6, 6.07) is 17.6. The average Bonchev–Trinajstić information content (AvgIpc) is 2.63. The molecule has 134 valence electrons. The fourth-order valence-electron chi connectivity index (χ4n) is 2.53. The summed E-state index contributed by atoms with van der Waals surface area (Å²) in [6.45, 7) is 17.8. The molecule has 0 unspecified atom stereocenters. The minimum atomic E-state index is 1.03. The van der Waals surface area contributed by atoms with Crippen molar-refractivity contribution in [2.24, 2.45) is 0 Å². The third kappa shape index (κ3) is 8.31. The van der Waals surface area contributed by atoms with Crippen LogP contribution >= 0.6 is 0 Å². The molecule has 1 heteroatoms. The molecule has 24 heavy (non-hydrogen) atoms. The summed E-state index contributed by atoms with van der Waals surface area (Å²) in [7, 11) is 0. The van der Waals surface area contributed by atoms with Crippen LogP contribution in [-0.2, 0) is 13.1 Å². The number of hydrogen-bond donors (Lipinski definition) is 0. The zero-order valence-corrected chi connectivity index (χ0v) is 16.9. The minimum Gasteiger partial charge on any atom is -0.295 e. The highest BCUT2D eigenvalue weighted by molar-refractivity contribution is 5.30. The lowest BCUT2D eigenvalue weighted by atomic mass is 10.1. The largest absolute Gasteiger partial charge is 0.295 e. The van der Waals surface area contributed by atoms with Crippen LogP contribution in [0.15, 0.2) is 48.5 Å². The van der Waals surface area contributed by atoms with Crippen LogP contribution in [0, 0.1) is 13.8 Å². The van der Waals surface area contributed by atoms with Crippen molar-refractivity contribution in [3.05, 3.63) is 70.8 Å². The van der Waals surface area contributed by atoms with Crippen LogP contribution in [-0.4, -0.2) is 11.4 Å². The van der Waals surface area contributed by atoms with Crippen molar-refractivity contribution < 1.29 is 0 Å². The monoisotopic (exact) mass is 327 g/mol. The predicted molar refractivity (Wildman–Crippen MR) is 109 cm³/mol. The zero-order valence-electron chi connectivity index (χ0n) is 16.9. The Morgan fingerprint density at radius 1 is 0.708 bits per heavy atom. The van der Waals surface area contributed by atoms with E-state index in [1.807, 2.05) is 27.7 Å². The van der Waals surface area contributed by atoms with Crippen molar-refractivity contribution in [1.82, 2.24) is 4.90 Å². The van der Waals surface area contributed by atoms with E-state index in [0.29, 0.717) is 0 Å². The molecular formula is C23H37N. The topological polar surface area (TPSA) is 3.24 Å². The van der Waals surface area contributed by atoms with Gasteiger partial charge in [0.05, 0.1) is 0 Å². The number of nitrogens with zero attached hydrogens (tertiary/aromatic N) is 1. The van der Waals surface area contributed by atoms with Crippen molar-refractivity contribution in [3.63, 3.8) is 0 Å². The molecule has 0 aliphatic carbocycles. The number of benzene rings is 2. The lowest BCUT2D eigenvalue weighted by Gasteiger charge is -2.22. The molecule has 1 nitrogen and oxygen atoms in total. The van der Waals surface area contributed by atoms with Crippen molar-refractivity contribution in [2.45, 2.75) is 68.0 Å². The number of hydrogen-bond acceptors (Lipinski definition) is 1. The molecule has 0 N–H and O–H groups in total. The SMILES string of the molecule is CC.CC.CCCN(Cc1ccccc1)Cc1ccc(C)c(C)c1. The summed E-state index contributed by atoms with van der Waals surface area (Å²) in [5.74, 6) is 0. The first-order chi connectivity index (χ1) is 11.7. The summed E-state index contributed by atoms with van der Waals surface area (Å²) < 4.78 is 0. The van der Waals surface area contributed by atoms with Crippen LogP contribution in [0.4, 0.5) is 0 Å². The van der Waals surface area contributed by atoms with Gasteiger partial charge in [-0.05, 0) is 49.1 Å². The predicted octanol–water partition coefficient (Wildman–Crippen LogP) is 6.77. The van der Waals surface area contributed by atoms with Crippen molar-refractivity contribution >= 4 is 0 Å². The molecule has 0 radical (unpaired) electrons. The van der Waals surface area contributed by atoms with Gasteiger partial charge in [-0.2, -0.15) is 0 Å². The summed E-state index contributed by atoms with van der Waals surface area (Å²) >= 11 is 0. The smallest absolute Gasteiger partial charge is 0.0237 e. The highest BCUT2D eigenvalue weighted by atomic mass is 15.1. The zero-order chi connectivity index (χ0) is 18.4. The van der Waals surface area contributed by atoms with Crippen LogP contribution in [0.25, 0.3) is 0 Å². The van der Waals surface area contributed by atoms with E-state index >= 15 is 0 Å². The lowest BCUT2D eigenvalue weighted by Crippen LogP contribution is -2.23. The molecule has 0 heterocycles. The minimum absolute atomic E-state index is 1.03. The summed E-state index contributed by atoms with van der Waals surface area (Å²) in [5.41, 5.74) is 5.57. The second-order valence-electron chi connectivity index (χ2n) is 5.61. The molecule has 0 aliphatic rings. The fourth-order valence-corrected chi connectivity index (χ4v) is 2.53. The van der Waals surface area contributed by atoms with Gasteiger partial charge in [0.2, 0.25) is 0 Å². The summed E-state index contributed by atoms with van der Waals surface area (Å²) in [6.07, 6.45) is 1.19.